The second kappa shape index (κ2) is 7.38. The van der Waals surface area contributed by atoms with Crippen LogP contribution in [0.1, 0.15) is 62.0 Å². The van der Waals surface area contributed by atoms with Gasteiger partial charge >= 0.3 is 0 Å². The molecule has 2 aliphatic heterocycles. The number of hydrogen-bond acceptors (Lipinski definition) is 5. The molecule has 0 aliphatic carbocycles. The van der Waals surface area contributed by atoms with Crippen LogP contribution in [-0.2, 0) is 9.53 Å². The van der Waals surface area contributed by atoms with Crippen LogP contribution in [0.4, 0.5) is 0 Å². The molecule has 29 heavy (non-hydrogen) atoms. The summed E-state index contributed by atoms with van der Waals surface area (Å²) >= 11 is 6.41. The summed E-state index contributed by atoms with van der Waals surface area (Å²) in [6.07, 6.45) is 9.08. The van der Waals surface area contributed by atoms with Gasteiger partial charge in [-0.3, -0.25) is 9.59 Å². The lowest BCUT2D eigenvalue weighted by atomic mass is 9.92. The summed E-state index contributed by atoms with van der Waals surface area (Å²) in [5.41, 5.74) is 0.531. The molecule has 5 nitrogen and oxygen atoms in total. The number of rotatable bonds is 5. The molecule has 1 aromatic rings. The zero-order chi connectivity index (χ0) is 21.6. The number of hydrogen-bond donors (Lipinski definition) is 1. The molecule has 2 aliphatic rings. The highest BCUT2D eigenvalue weighted by Crippen LogP contribution is 2.46. The van der Waals surface area contributed by atoms with Crippen molar-refractivity contribution >= 4 is 29.7 Å². The van der Waals surface area contributed by atoms with Gasteiger partial charge in [0.15, 0.2) is 11.9 Å². The largest absolute Gasteiger partial charge is 0.506 e. The van der Waals surface area contributed by atoms with Crippen molar-refractivity contribution in [2.24, 2.45) is 0 Å². The predicted molar refractivity (Wildman–Crippen MR) is 113 cm³/mol. The van der Waals surface area contributed by atoms with Crippen molar-refractivity contribution in [3.8, 4) is 11.5 Å². The predicted octanol–water partition coefficient (Wildman–Crippen LogP) is 5.32. The van der Waals surface area contributed by atoms with Gasteiger partial charge in [0.05, 0.1) is 16.1 Å². The van der Waals surface area contributed by atoms with Gasteiger partial charge < -0.3 is 14.6 Å². The molecule has 1 atom stereocenters. The van der Waals surface area contributed by atoms with Crippen molar-refractivity contribution in [3.05, 3.63) is 51.3 Å². The van der Waals surface area contributed by atoms with Gasteiger partial charge in [0.2, 0.25) is 5.78 Å². The maximum Gasteiger partial charge on any atom is 0.202 e. The molecule has 6 heteroatoms. The average Bonchev–Trinajstić information content (AvgIpc) is 2.93. The van der Waals surface area contributed by atoms with Gasteiger partial charge in [-0.1, -0.05) is 17.7 Å². The van der Waals surface area contributed by atoms with E-state index in [0.29, 0.717) is 46.8 Å². The number of allylic oxidation sites excluding steroid dienone is 2. The summed E-state index contributed by atoms with van der Waals surface area (Å²) in [4.78, 5) is 23.2. The first-order valence-corrected chi connectivity index (χ1v) is 9.87. The molecule has 0 amide bonds. The van der Waals surface area contributed by atoms with E-state index < -0.39 is 11.2 Å². The number of phenols is 1. The zero-order valence-electron chi connectivity index (χ0n) is 17.3. The summed E-state index contributed by atoms with van der Waals surface area (Å²) in [5, 5.41) is 10.7. The highest BCUT2D eigenvalue weighted by molar-refractivity contribution is 6.33. The van der Waals surface area contributed by atoms with Crippen LogP contribution >= 0.6 is 11.6 Å². The molecule has 0 spiro atoms. The third-order valence-corrected chi connectivity index (χ3v) is 5.90. The minimum absolute atomic E-state index is 0.0399. The molecular weight excluding hydrogens is 392 g/mol. The molecular formula is C23H25ClO5. The number of ether oxygens (including phenoxy) is 2. The SMILES string of the molecule is C/C(=C\CCC1(C)C=Cc2c(O)c(C=O)c(C)c(Cl)c2O1)C1=CC(=O)C(C)(C)O1. The Morgan fingerprint density at radius 3 is 2.55 bits per heavy atom. The summed E-state index contributed by atoms with van der Waals surface area (Å²) < 4.78 is 11.9. The van der Waals surface area contributed by atoms with Crippen molar-refractivity contribution in [2.45, 2.75) is 58.7 Å². The molecule has 0 bridgehead atoms. The standard InChI is InChI=1S/C23H25ClO5/c1-13(17-11-18(26)22(3,4)28-17)7-6-9-23(5)10-8-15-20(27)16(12-25)14(2)19(24)21(15)29-23/h7-8,10-12,27H,6,9H2,1-5H3/b13-7+. The molecule has 1 aromatic carbocycles. The number of aldehydes is 1. The molecule has 154 valence electrons. The van der Waals surface area contributed by atoms with Crippen LogP contribution in [0.15, 0.2) is 29.6 Å². The van der Waals surface area contributed by atoms with E-state index >= 15 is 0 Å². The summed E-state index contributed by atoms with van der Waals surface area (Å²) in [5.74, 6) is 0.818. The van der Waals surface area contributed by atoms with Gasteiger partial charge in [-0.15, -0.1) is 0 Å². The summed E-state index contributed by atoms with van der Waals surface area (Å²) in [7, 11) is 0. The van der Waals surface area contributed by atoms with Gasteiger partial charge in [-0.05, 0) is 70.7 Å². The number of halogens is 1. The number of benzene rings is 1. The highest BCUT2D eigenvalue weighted by atomic mass is 35.5. The molecule has 1 unspecified atom stereocenters. The smallest absolute Gasteiger partial charge is 0.202 e. The minimum atomic E-state index is -0.813. The first kappa shape index (κ1) is 21.2. The second-order valence-corrected chi connectivity index (χ2v) is 8.60. The van der Waals surface area contributed by atoms with E-state index in [0.717, 1.165) is 5.57 Å². The fraction of sp³-hybridized carbons (Fsp3) is 0.391. The quantitative estimate of drug-likeness (QED) is 0.657. The fourth-order valence-electron chi connectivity index (χ4n) is 3.41. The van der Waals surface area contributed by atoms with Crippen molar-refractivity contribution in [1.82, 2.24) is 0 Å². The first-order chi connectivity index (χ1) is 13.5. The lowest BCUT2D eigenvalue weighted by Gasteiger charge is -2.33. The molecule has 0 saturated carbocycles. The van der Waals surface area contributed by atoms with Gasteiger partial charge in [0, 0.05) is 6.08 Å². The Labute approximate surface area is 175 Å². The van der Waals surface area contributed by atoms with E-state index in [4.69, 9.17) is 21.1 Å². The maximum absolute atomic E-state index is 11.9. The number of carbonyl (C=O) groups is 2. The number of ketones is 1. The van der Waals surface area contributed by atoms with E-state index in [-0.39, 0.29) is 17.1 Å². The second-order valence-electron chi connectivity index (χ2n) is 8.22. The van der Waals surface area contributed by atoms with E-state index in [1.54, 1.807) is 26.8 Å². The molecule has 0 radical (unpaired) electrons. The first-order valence-electron chi connectivity index (χ1n) is 9.50. The van der Waals surface area contributed by atoms with Gasteiger partial charge in [-0.25, -0.2) is 0 Å². The van der Waals surface area contributed by atoms with Crippen molar-refractivity contribution in [3.63, 3.8) is 0 Å². The third-order valence-electron chi connectivity index (χ3n) is 5.44. The Kier molecular flexibility index (Phi) is 5.39. The highest BCUT2D eigenvalue weighted by Gasteiger charge is 2.35. The Hall–Kier alpha value is -2.53. The molecule has 1 N–H and O–H groups in total. The molecule has 0 fully saturated rings. The van der Waals surface area contributed by atoms with E-state index in [1.807, 2.05) is 26.0 Å². The Morgan fingerprint density at radius 1 is 1.28 bits per heavy atom. The number of fused-ring (bicyclic) bond motifs is 1. The fourth-order valence-corrected chi connectivity index (χ4v) is 3.66. The number of aromatic hydroxyl groups is 1. The van der Waals surface area contributed by atoms with Crippen LogP contribution in [0.5, 0.6) is 11.5 Å². The monoisotopic (exact) mass is 416 g/mol. The lowest BCUT2D eigenvalue weighted by Crippen LogP contribution is -2.32. The van der Waals surface area contributed by atoms with Gasteiger partial charge in [0.25, 0.3) is 0 Å². The maximum atomic E-state index is 11.9. The molecule has 3 rings (SSSR count). The van der Waals surface area contributed by atoms with Crippen LogP contribution in [0, 0.1) is 6.92 Å². The molecule has 2 heterocycles. The van der Waals surface area contributed by atoms with E-state index in [1.165, 1.54) is 6.08 Å². The summed E-state index contributed by atoms with van der Waals surface area (Å²) in [6.45, 7) is 9.03. The van der Waals surface area contributed by atoms with Crippen LogP contribution in [0.2, 0.25) is 5.02 Å². The minimum Gasteiger partial charge on any atom is -0.506 e. The normalized spacial score (nSPS) is 22.6. The van der Waals surface area contributed by atoms with Crippen molar-refractivity contribution < 1.29 is 24.2 Å². The van der Waals surface area contributed by atoms with Crippen molar-refractivity contribution in [1.29, 1.82) is 0 Å². The van der Waals surface area contributed by atoms with Crippen molar-refractivity contribution in [2.75, 3.05) is 0 Å². The summed E-state index contributed by atoms with van der Waals surface area (Å²) in [6, 6.07) is 0. The van der Waals surface area contributed by atoms with Crippen LogP contribution in [0.25, 0.3) is 6.08 Å². The Balaban J connectivity index is 1.76. The number of carbonyl (C=O) groups excluding carboxylic acids is 2. The van der Waals surface area contributed by atoms with Crippen LogP contribution < -0.4 is 4.74 Å². The van der Waals surface area contributed by atoms with E-state index in [2.05, 4.69) is 0 Å². The van der Waals surface area contributed by atoms with Gasteiger partial charge in [-0.2, -0.15) is 0 Å². The van der Waals surface area contributed by atoms with Crippen LogP contribution in [0.3, 0.4) is 0 Å². The number of phenolic OH excluding ortho intramolecular Hbond substituents is 1. The molecule has 0 saturated heterocycles. The third kappa shape index (κ3) is 3.84. The topological polar surface area (TPSA) is 72.8 Å². The Bertz CT molecular complexity index is 984. The zero-order valence-corrected chi connectivity index (χ0v) is 18.0. The van der Waals surface area contributed by atoms with Gasteiger partial charge in [0.1, 0.15) is 22.9 Å². The average molecular weight is 417 g/mol. The van der Waals surface area contributed by atoms with E-state index in [9.17, 15) is 14.7 Å². The van der Waals surface area contributed by atoms with Crippen LogP contribution in [-0.4, -0.2) is 28.4 Å². The lowest BCUT2D eigenvalue weighted by molar-refractivity contribution is -0.126. The molecule has 0 aromatic heterocycles. The Morgan fingerprint density at radius 2 is 1.97 bits per heavy atom.